The summed E-state index contributed by atoms with van der Waals surface area (Å²) in [6, 6.07) is 4.08. The summed E-state index contributed by atoms with van der Waals surface area (Å²) in [6.45, 7) is -0.278. The number of rotatable bonds is 5. The molecule has 1 rings (SSSR count). The predicted molar refractivity (Wildman–Crippen MR) is 61.7 cm³/mol. The largest absolute Gasteiger partial charge is 0.484 e. The minimum Gasteiger partial charge on any atom is -0.484 e. The fourth-order valence-corrected chi connectivity index (χ4v) is 1.27. The average Bonchev–Trinajstić information content (AvgIpc) is 2.35. The highest BCUT2D eigenvalue weighted by atomic mass is 19.4. The molecule has 106 valence electrons. The number of hydrogen-bond donors (Lipinski definition) is 1. The molecule has 1 amide bonds. The van der Waals surface area contributed by atoms with Crippen LogP contribution in [-0.4, -0.2) is 42.7 Å². The molecule has 0 spiro atoms. The Morgan fingerprint density at radius 3 is 2.37 bits per heavy atom. The topological polar surface area (TPSA) is 49.8 Å². The summed E-state index contributed by atoms with van der Waals surface area (Å²) < 4.78 is 42.0. The van der Waals surface area contributed by atoms with Gasteiger partial charge in [-0.15, -0.1) is 0 Å². The first-order chi connectivity index (χ1) is 8.84. The monoisotopic (exact) mass is 277 g/mol. The molecule has 7 heteroatoms. The van der Waals surface area contributed by atoms with Gasteiger partial charge < -0.3 is 14.7 Å². The zero-order valence-corrected chi connectivity index (χ0v) is 10.3. The molecule has 1 aromatic rings. The van der Waals surface area contributed by atoms with Crippen LogP contribution < -0.4 is 4.74 Å². The third kappa shape index (κ3) is 4.78. The second-order valence-electron chi connectivity index (χ2n) is 3.85. The van der Waals surface area contributed by atoms with Crippen molar-refractivity contribution in [1.82, 2.24) is 4.90 Å². The second-order valence-corrected chi connectivity index (χ2v) is 3.85. The van der Waals surface area contributed by atoms with Gasteiger partial charge in [-0.05, 0) is 24.3 Å². The number of hydrogen-bond acceptors (Lipinski definition) is 3. The normalized spacial score (nSPS) is 11.2. The van der Waals surface area contributed by atoms with E-state index in [-0.39, 0.29) is 31.4 Å². The van der Waals surface area contributed by atoms with E-state index in [9.17, 15) is 18.0 Å². The zero-order valence-electron chi connectivity index (χ0n) is 10.3. The van der Waals surface area contributed by atoms with Gasteiger partial charge in [0.05, 0.1) is 12.2 Å². The van der Waals surface area contributed by atoms with Gasteiger partial charge in [-0.1, -0.05) is 0 Å². The van der Waals surface area contributed by atoms with Crippen LogP contribution in [0, 0.1) is 0 Å². The Morgan fingerprint density at radius 1 is 1.32 bits per heavy atom. The number of aliphatic hydroxyl groups excluding tert-OH is 1. The third-order valence-corrected chi connectivity index (χ3v) is 2.41. The number of halogens is 3. The molecule has 0 aliphatic carbocycles. The van der Waals surface area contributed by atoms with Crippen molar-refractivity contribution in [1.29, 1.82) is 0 Å². The molecule has 0 saturated heterocycles. The first-order valence-electron chi connectivity index (χ1n) is 5.49. The molecule has 0 unspecified atom stereocenters. The molecular weight excluding hydrogens is 263 g/mol. The minimum absolute atomic E-state index is 0.164. The van der Waals surface area contributed by atoms with E-state index in [1.54, 1.807) is 0 Å². The highest BCUT2D eigenvalue weighted by molar-refractivity contribution is 5.77. The number of ether oxygens (including phenoxy) is 1. The average molecular weight is 277 g/mol. The van der Waals surface area contributed by atoms with E-state index in [1.807, 2.05) is 0 Å². The number of nitrogens with zero attached hydrogens (tertiary/aromatic N) is 1. The van der Waals surface area contributed by atoms with Gasteiger partial charge in [0.15, 0.2) is 6.61 Å². The van der Waals surface area contributed by atoms with Crippen LogP contribution in [0.1, 0.15) is 5.56 Å². The number of benzene rings is 1. The Balaban J connectivity index is 2.53. The molecule has 0 saturated carbocycles. The van der Waals surface area contributed by atoms with Crippen LogP contribution in [-0.2, 0) is 11.0 Å². The highest BCUT2D eigenvalue weighted by Gasteiger charge is 2.30. The van der Waals surface area contributed by atoms with Crippen molar-refractivity contribution < 1.29 is 27.8 Å². The van der Waals surface area contributed by atoms with Crippen molar-refractivity contribution in [2.24, 2.45) is 0 Å². The maximum atomic E-state index is 12.3. The molecule has 0 atom stereocenters. The van der Waals surface area contributed by atoms with E-state index >= 15 is 0 Å². The minimum atomic E-state index is -4.39. The number of aliphatic hydroxyl groups is 1. The van der Waals surface area contributed by atoms with Crippen LogP contribution in [0.15, 0.2) is 24.3 Å². The van der Waals surface area contributed by atoms with Gasteiger partial charge in [-0.3, -0.25) is 4.79 Å². The third-order valence-electron chi connectivity index (χ3n) is 2.41. The number of likely N-dealkylation sites (N-methyl/N-ethyl adjacent to an activating group) is 1. The Hall–Kier alpha value is -1.76. The van der Waals surface area contributed by atoms with Gasteiger partial charge in [-0.2, -0.15) is 13.2 Å². The van der Waals surface area contributed by atoms with Crippen molar-refractivity contribution in [3.63, 3.8) is 0 Å². The lowest BCUT2D eigenvalue weighted by Gasteiger charge is -2.16. The predicted octanol–water partition coefficient (Wildman–Crippen LogP) is 1.53. The molecule has 1 N–H and O–H groups in total. The number of carbonyl (C=O) groups is 1. The van der Waals surface area contributed by atoms with Crippen LogP contribution in [0.4, 0.5) is 13.2 Å². The number of amides is 1. The lowest BCUT2D eigenvalue weighted by atomic mass is 10.2. The Labute approximate surface area is 108 Å². The van der Waals surface area contributed by atoms with E-state index in [0.717, 1.165) is 24.3 Å². The molecule has 0 aliphatic heterocycles. The Bertz CT molecular complexity index is 417. The van der Waals surface area contributed by atoms with Gasteiger partial charge in [0.2, 0.25) is 0 Å². The van der Waals surface area contributed by atoms with Crippen LogP contribution in [0.2, 0.25) is 0 Å². The molecule has 4 nitrogen and oxygen atoms in total. The quantitative estimate of drug-likeness (QED) is 0.888. The summed E-state index contributed by atoms with van der Waals surface area (Å²) in [5.41, 5.74) is -0.774. The SMILES string of the molecule is CN(CCO)C(=O)COc1ccc(C(F)(F)F)cc1. The molecule has 19 heavy (non-hydrogen) atoms. The standard InChI is InChI=1S/C12H14F3NO3/c1-16(6-7-17)11(18)8-19-10-4-2-9(3-5-10)12(13,14)15/h2-5,17H,6-8H2,1H3. The van der Waals surface area contributed by atoms with E-state index in [2.05, 4.69) is 0 Å². The van der Waals surface area contributed by atoms with Crippen molar-refractivity contribution in [2.75, 3.05) is 26.8 Å². The Morgan fingerprint density at radius 2 is 1.89 bits per heavy atom. The summed E-state index contributed by atoms with van der Waals surface area (Å²) in [4.78, 5) is 12.7. The molecule has 1 aromatic carbocycles. The molecule has 0 aliphatic rings. The van der Waals surface area contributed by atoms with Crippen LogP contribution in [0.5, 0.6) is 5.75 Å². The number of carbonyl (C=O) groups excluding carboxylic acids is 1. The highest BCUT2D eigenvalue weighted by Crippen LogP contribution is 2.30. The van der Waals surface area contributed by atoms with Crippen molar-refractivity contribution in [2.45, 2.75) is 6.18 Å². The Kier molecular flexibility index (Phi) is 5.17. The van der Waals surface area contributed by atoms with Gasteiger partial charge in [0, 0.05) is 13.6 Å². The summed E-state index contributed by atoms with van der Waals surface area (Å²) in [5.74, 6) is -0.187. The molecular formula is C12H14F3NO3. The molecule has 0 radical (unpaired) electrons. The maximum Gasteiger partial charge on any atom is 0.416 e. The van der Waals surface area contributed by atoms with E-state index in [0.29, 0.717) is 0 Å². The molecule has 0 fully saturated rings. The van der Waals surface area contributed by atoms with Crippen LogP contribution in [0.3, 0.4) is 0 Å². The first-order valence-corrected chi connectivity index (χ1v) is 5.49. The maximum absolute atomic E-state index is 12.3. The summed E-state index contributed by atoms with van der Waals surface area (Å²) in [6.07, 6.45) is -4.39. The van der Waals surface area contributed by atoms with Crippen molar-refractivity contribution >= 4 is 5.91 Å². The lowest BCUT2D eigenvalue weighted by molar-refractivity contribution is -0.137. The fraction of sp³-hybridized carbons (Fsp3) is 0.417. The van der Waals surface area contributed by atoms with E-state index in [1.165, 1.54) is 11.9 Å². The summed E-state index contributed by atoms with van der Waals surface area (Å²) in [5, 5.41) is 8.64. The van der Waals surface area contributed by atoms with Gasteiger partial charge in [0.25, 0.3) is 5.91 Å². The van der Waals surface area contributed by atoms with Gasteiger partial charge in [-0.25, -0.2) is 0 Å². The first kappa shape index (κ1) is 15.3. The summed E-state index contributed by atoms with van der Waals surface area (Å²) in [7, 11) is 1.49. The summed E-state index contributed by atoms with van der Waals surface area (Å²) >= 11 is 0. The molecule has 0 bridgehead atoms. The van der Waals surface area contributed by atoms with E-state index < -0.39 is 11.7 Å². The molecule has 0 aromatic heterocycles. The van der Waals surface area contributed by atoms with Crippen LogP contribution >= 0.6 is 0 Å². The number of alkyl halides is 3. The van der Waals surface area contributed by atoms with Gasteiger partial charge in [0.1, 0.15) is 5.75 Å². The smallest absolute Gasteiger partial charge is 0.416 e. The second kappa shape index (κ2) is 6.42. The van der Waals surface area contributed by atoms with E-state index in [4.69, 9.17) is 9.84 Å². The lowest BCUT2D eigenvalue weighted by Crippen LogP contribution is -2.33. The van der Waals surface area contributed by atoms with Crippen LogP contribution in [0.25, 0.3) is 0 Å². The fourth-order valence-electron chi connectivity index (χ4n) is 1.27. The van der Waals surface area contributed by atoms with Gasteiger partial charge >= 0.3 is 6.18 Å². The van der Waals surface area contributed by atoms with Crippen molar-refractivity contribution in [3.8, 4) is 5.75 Å². The van der Waals surface area contributed by atoms with Crippen molar-refractivity contribution in [3.05, 3.63) is 29.8 Å². The molecule has 0 heterocycles. The zero-order chi connectivity index (χ0) is 14.5.